The fourth-order valence-electron chi connectivity index (χ4n) is 3.54. The first-order chi connectivity index (χ1) is 13.6. The Morgan fingerprint density at radius 1 is 1.04 bits per heavy atom. The van der Waals surface area contributed by atoms with Crippen molar-refractivity contribution >= 4 is 38.5 Å². The summed E-state index contributed by atoms with van der Waals surface area (Å²) in [6, 6.07) is 12.3. The summed E-state index contributed by atoms with van der Waals surface area (Å²) in [6.07, 6.45) is 5.23. The zero-order chi connectivity index (χ0) is 19.1. The molecule has 0 radical (unpaired) electrons. The van der Waals surface area contributed by atoms with Crippen LogP contribution in [-0.2, 0) is 23.0 Å². The lowest BCUT2D eigenvalue weighted by molar-refractivity contribution is 0.522. The lowest BCUT2D eigenvalue weighted by atomic mass is 10.1. The van der Waals surface area contributed by atoms with Gasteiger partial charge in [-0.1, -0.05) is 24.3 Å². The molecule has 1 aliphatic heterocycles. The number of anilines is 1. The molecule has 0 fully saturated rings. The van der Waals surface area contributed by atoms with E-state index in [4.69, 9.17) is 4.98 Å². The maximum Gasteiger partial charge on any atom is 0.264 e. The zero-order valence-electron chi connectivity index (χ0n) is 14.9. The first kappa shape index (κ1) is 17.3. The fraction of sp³-hybridized carbons (Fsp3) is 0.211. The average molecular weight is 412 g/mol. The molecule has 0 saturated heterocycles. The van der Waals surface area contributed by atoms with E-state index in [-0.39, 0.29) is 4.90 Å². The molecular weight excluding hydrogens is 394 g/mol. The second-order valence-corrected chi connectivity index (χ2v) is 8.91. The molecule has 0 aliphatic carbocycles. The van der Waals surface area contributed by atoms with Crippen LogP contribution < -0.4 is 4.72 Å². The minimum Gasteiger partial charge on any atom is -0.334 e. The molecule has 2 aromatic heterocycles. The van der Waals surface area contributed by atoms with E-state index >= 15 is 0 Å². The largest absolute Gasteiger partial charge is 0.334 e. The highest BCUT2D eigenvalue weighted by Crippen LogP contribution is 2.31. The Labute approximate surface area is 166 Å². The summed E-state index contributed by atoms with van der Waals surface area (Å²) in [5.74, 6) is 1.05. The number of imidazole rings is 1. The van der Waals surface area contributed by atoms with Crippen LogP contribution >= 0.6 is 11.7 Å². The number of aromatic nitrogens is 4. The molecular formula is C19H17N5O2S2. The van der Waals surface area contributed by atoms with Gasteiger partial charge in [-0.25, -0.2) is 13.4 Å². The molecule has 4 aromatic rings. The summed E-state index contributed by atoms with van der Waals surface area (Å²) < 4.78 is 39.3. The van der Waals surface area contributed by atoms with Crippen molar-refractivity contribution < 1.29 is 8.42 Å². The summed E-state index contributed by atoms with van der Waals surface area (Å²) in [6.45, 7) is 0.953. The summed E-state index contributed by atoms with van der Waals surface area (Å²) in [5.41, 5.74) is 3.00. The van der Waals surface area contributed by atoms with Gasteiger partial charge in [-0.05, 0) is 31.0 Å². The number of hydrogen-bond acceptors (Lipinski definition) is 6. The van der Waals surface area contributed by atoms with Gasteiger partial charge >= 0.3 is 0 Å². The third-order valence-electron chi connectivity index (χ3n) is 4.89. The van der Waals surface area contributed by atoms with E-state index in [1.54, 1.807) is 24.3 Å². The standard InChI is InChI=1S/C19H17N5O2S2/c25-28(26,17-9-5-8-15-19(17)22-27-21-15)23-14-7-2-1-6-13(14)16-12-24-11-4-3-10-18(24)20-16/h1-2,5-9,12,23H,3-4,10-11H2. The van der Waals surface area contributed by atoms with Crippen LogP contribution in [0, 0.1) is 0 Å². The Morgan fingerprint density at radius 2 is 1.93 bits per heavy atom. The molecule has 0 atom stereocenters. The van der Waals surface area contributed by atoms with E-state index in [1.807, 2.05) is 24.4 Å². The van der Waals surface area contributed by atoms with Gasteiger partial charge in [0.2, 0.25) is 0 Å². The molecule has 0 spiro atoms. The van der Waals surface area contributed by atoms with Crippen molar-refractivity contribution in [2.75, 3.05) is 4.72 Å². The Balaban J connectivity index is 1.56. The highest BCUT2D eigenvalue weighted by Gasteiger charge is 2.22. The third kappa shape index (κ3) is 2.96. The third-order valence-corrected chi connectivity index (χ3v) is 6.83. The van der Waals surface area contributed by atoms with Gasteiger partial charge in [0.05, 0.1) is 23.1 Å². The van der Waals surface area contributed by atoms with Gasteiger partial charge in [-0.3, -0.25) is 4.72 Å². The van der Waals surface area contributed by atoms with Crippen molar-refractivity contribution in [3.05, 3.63) is 54.5 Å². The second-order valence-electron chi connectivity index (χ2n) is 6.73. The lowest BCUT2D eigenvalue weighted by Crippen LogP contribution is -2.14. The SMILES string of the molecule is O=S(=O)(Nc1ccccc1-c1cn2c(n1)CCCC2)c1cccc2nsnc12. The Hall–Kier alpha value is -2.78. The maximum atomic E-state index is 13.1. The number of nitrogens with one attached hydrogen (secondary N) is 1. The van der Waals surface area contributed by atoms with Crippen LogP contribution in [0.15, 0.2) is 53.6 Å². The molecule has 3 heterocycles. The van der Waals surface area contributed by atoms with Gasteiger partial charge in [0.25, 0.3) is 10.0 Å². The molecule has 0 saturated carbocycles. The van der Waals surface area contributed by atoms with Crippen LogP contribution in [0.1, 0.15) is 18.7 Å². The molecule has 0 unspecified atom stereocenters. The smallest absolute Gasteiger partial charge is 0.264 e. The molecule has 1 aliphatic rings. The predicted octanol–water partition coefficient (Wildman–Crippen LogP) is 3.69. The number of sulfonamides is 1. The van der Waals surface area contributed by atoms with E-state index in [0.29, 0.717) is 16.7 Å². The van der Waals surface area contributed by atoms with E-state index in [2.05, 4.69) is 18.0 Å². The van der Waals surface area contributed by atoms with Crippen molar-refractivity contribution in [1.82, 2.24) is 18.3 Å². The van der Waals surface area contributed by atoms with Gasteiger partial charge in [-0.2, -0.15) is 8.75 Å². The van der Waals surface area contributed by atoms with Crippen molar-refractivity contribution in [2.24, 2.45) is 0 Å². The number of rotatable bonds is 4. The van der Waals surface area contributed by atoms with Crippen molar-refractivity contribution in [1.29, 1.82) is 0 Å². The molecule has 9 heteroatoms. The molecule has 5 rings (SSSR count). The summed E-state index contributed by atoms with van der Waals surface area (Å²) >= 11 is 1.000. The topological polar surface area (TPSA) is 89.8 Å². The number of hydrogen-bond donors (Lipinski definition) is 1. The Morgan fingerprint density at radius 3 is 2.82 bits per heavy atom. The van der Waals surface area contributed by atoms with Crippen molar-refractivity contribution in [2.45, 2.75) is 30.7 Å². The van der Waals surface area contributed by atoms with E-state index in [9.17, 15) is 8.42 Å². The van der Waals surface area contributed by atoms with E-state index in [0.717, 1.165) is 54.6 Å². The van der Waals surface area contributed by atoms with Gasteiger partial charge in [0, 0.05) is 24.7 Å². The average Bonchev–Trinajstić information content (AvgIpc) is 3.34. The first-order valence-electron chi connectivity index (χ1n) is 9.01. The van der Waals surface area contributed by atoms with Gasteiger partial charge < -0.3 is 4.57 Å². The van der Waals surface area contributed by atoms with Crippen molar-refractivity contribution in [3.63, 3.8) is 0 Å². The predicted molar refractivity (Wildman–Crippen MR) is 109 cm³/mol. The van der Waals surface area contributed by atoms with Crippen LogP contribution in [-0.4, -0.2) is 26.7 Å². The monoisotopic (exact) mass is 411 g/mol. The normalized spacial score (nSPS) is 14.1. The minimum atomic E-state index is -3.82. The fourth-order valence-corrected chi connectivity index (χ4v) is 5.38. The van der Waals surface area contributed by atoms with Gasteiger partial charge in [-0.15, -0.1) is 0 Å². The van der Waals surface area contributed by atoms with Crippen LogP contribution in [0.3, 0.4) is 0 Å². The Bertz CT molecular complexity index is 1250. The Kier molecular flexibility index (Phi) is 4.13. The van der Waals surface area contributed by atoms with E-state index in [1.165, 1.54) is 0 Å². The van der Waals surface area contributed by atoms with Crippen LogP contribution in [0.5, 0.6) is 0 Å². The van der Waals surface area contributed by atoms with Gasteiger partial charge in [0.15, 0.2) is 0 Å². The highest BCUT2D eigenvalue weighted by molar-refractivity contribution is 7.93. The maximum absolute atomic E-state index is 13.1. The first-order valence-corrected chi connectivity index (χ1v) is 11.2. The molecule has 0 bridgehead atoms. The zero-order valence-corrected chi connectivity index (χ0v) is 16.5. The lowest BCUT2D eigenvalue weighted by Gasteiger charge is -2.12. The molecule has 1 N–H and O–H groups in total. The number of aryl methyl sites for hydroxylation is 2. The summed E-state index contributed by atoms with van der Waals surface area (Å²) in [7, 11) is -3.82. The van der Waals surface area contributed by atoms with Gasteiger partial charge in [0.1, 0.15) is 21.8 Å². The summed E-state index contributed by atoms with van der Waals surface area (Å²) in [4.78, 5) is 4.86. The molecule has 142 valence electrons. The highest BCUT2D eigenvalue weighted by atomic mass is 32.2. The van der Waals surface area contributed by atoms with Crippen LogP contribution in [0.2, 0.25) is 0 Å². The molecule has 28 heavy (non-hydrogen) atoms. The number of fused-ring (bicyclic) bond motifs is 2. The number of nitrogens with zero attached hydrogens (tertiary/aromatic N) is 4. The van der Waals surface area contributed by atoms with E-state index < -0.39 is 10.0 Å². The number of benzene rings is 2. The molecule has 2 aromatic carbocycles. The molecule has 0 amide bonds. The minimum absolute atomic E-state index is 0.123. The number of para-hydroxylation sites is 1. The van der Waals surface area contributed by atoms with Crippen LogP contribution in [0.25, 0.3) is 22.3 Å². The van der Waals surface area contributed by atoms with Crippen molar-refractivity contribution in [3.8, 4) is 11.3 Å². The van der Waals surface area contributed by atoms with Crippen LogP contribution in [0.4, 0.5) is 5.69 Å². The second kappa shape index (κ2) is 6.68. The molecule has 7 nitrogen and oxygen atoms in total. The summed E-state index contributed by atoms with van der Waals surface area (Å²) in [5, 5.41) is 0. The quantitative estimate of drug-likeness (QED) is 0.553.